The number of hydrogen-bond acceptors (Lipinski definition) is 0. The second-order valence-corrected chi connectivity index (χ2v) is 4.40. The number of alkyl halides is 1. The Balaban J connectivity index is 2.56. The minimum absolute atomic E-state index is 0.656. The molecule has 0 aromatic heterocycles. The van der Waals surface area contributed by atoms with E-state index in [1.807, 2.05) is 0 Å². The zero-order valence-corrected chi connectivity index (χ0v) is 8.58. The molecule has 0 nitrogen and oxygen atoms in total. The predicted molar refractivity (Wildman–Crippen MR) is 49.5 cm³/mol. The lowest BCUT2D eigenvalue weighted by atomic mass is 9.79. The van der Waals surface area contributed by atoms with Gasteiger partial charge in [0, 0.05) is 5.33 Å². The largest absolute Gasteiger partial charge is 0.0925 e. The molecule has 2 atom stereocenters. The molecule has 1 rings (SSSR count). The summed E-state index contributed by atoms with van der Waals surface area (Å²) in [6.45, 7) is 4.76. The second-order valence-electron chi connectivity index (χ2n) is 3.75. The molecule has 1 fully saturated rings. The first-order valence-corrected chi connectivity index (χ1v) is 5.41. The van der Waals surface area contributed by atoms with E-state index in [1.165, 1.54) is 31.0 Å². The molecule has 0 saturated heterocycles. The van der Waals surface area contributed by atoms with E-state index in [9.17, 15) is 0 Å². The summed E-state index contributed by atoms with van der Waals surface area (Å²) in [7, 11) is 0. The van der Waals surface area contributed by atoms with E-state index in [0.717, 1.165) is 5.92 Å². The van der Waals surface area contributed by atoms with Crippen molar-refractivity contribution in [3.05, 3.63) is 0 Å². The van der Waals surface area contributed by atoms with Crippen molar-refractivity contribution in [1.82, 2.24) is 0 Å². The van der Waals surface area contributed by atoms with Crippen LogP contribution in [0.4, 0.5) is 0 Å². The second kappa shape index (κ2) is 3.25. The van der Waals surface area contributed by atoms with Gasteiger partial charge < -0.3 is 0 Å². The van der Waals surface area contributed by atoms with E-state index in [2.05, 4.69) is 29.8 Å². The van der Waals surface area contributed by atoms with E-state index < -0.39 is 0 Å². The van der Waals surface area contributed by atoms with Gasteiger partial charge in [0.15, 0.2) is 0 Å². The Kier molecular flexibility index (Phi) is 2.79. The first-order valence-electron chi connectivity index (χ1n) is 4.29. The van der Waals surface area contributed by atoms with Gasteiger partial charge in [-0.25, -0.2) is 0 Å². The van der Waals surface area contributed by atoms with Gasteiger partial charge in [-0.2, -0.15) is 0 Å². The van der Waals surface area contributed by atoms with Crippen LogP contribution in [0.3, 0.4) is 0 Å². The molecule has 2 unspecified atom stereocenters. The third-order valence-electron chi connectivity index (χ3n) is 3.28. The molecule has 1 saturated carbocycles. The lowest BCUT2D eigenvalue weighted by Gasteiger charge is -2.28. The molecule has 0 heterocycles. The third kappa shape index (κ3) is 1.39. The number of halogens is 1. The van der Waals surface area contributed by atoms with Gasteiger partial charge in [0.05, 0.1) is 0 Å². The van der Waals surface area contributed by atoms with Crippen LogP contribution >= 0.6 is 15.9 Å². The summed E-state index contributed by atoms with van der Waals surface area (Å²) in [5, 5.41) is 1.21. The number of rotatable bonds is 2. The molecular formula is C9H17Br. The lowest BCUT2D eigenvalue weighted by molar-refractivity contribution is 0.242. The Morgan fingerprint density at radius 1 is 1.60 bits per heavy atom. The number of hydrogen-bond donors (Lipinski definition) is 0. The van der Waals surface area contributed by atoms with E-state index in [0.29, 0.717) is 5.41 Å². The monoisotopic (exact) mass is 204 g/mol. The Labute approximate surface area is 72.5 Å². The van der Waals surface area contributed by atoms with Crippen molar-refractivity contribution in [2.24, 2.45) is 11.3 Å². The fraction of sp³-hybridized carbons (Fsp3) is 1.00. The van der Waals surface area contributed by atoms with E-state index in [4.69, 9.17) is 0 Å². The minimum atomic E-state index is 0.656. The average Bonchev–Trinajstić information content (AvgIpc) is 2.32. The quantitative estimate of drug-likeness (QED) is 0.604. The Bertz CT molecular complexity index is 111. The highest BCUT2D eigenvalue weighted by molar-refractivity contribution is 9.09. The van der Waals surface area contributed by atoms with Crippen molar-refractivity contribution < 1.29 is 0 Å². The topological polar surface area (TPSA) is 0 Å². The molecule has 0 aromatic carbocycles. The van der Waals surface area contributed by atoms with Gasteiger partial charge in [-0.15, -0.1) is 0 Å². The molecule has 1 heteroatoms. The Morgan fingerprint density at radius 3 is 2.70 bits per heavy atom. The van der Waals surface area contributed by atoms with Crippen molar-refractivity contribution in [1.29, 1.82) is 0 Å². The summed E-state index contributed by atoms with van der Waals surface area (Å²) in [5.74, 6) is 0.942. The van der Waals surface area contributed by atoms with Crippen molar-refractivity contribution in [2.75, 3.05) is 5.33 Å². The van der Waals surface area contributed by atoms with Crippen LogP contribution in [0.15, 0.2) is 0 Å². The third-order valence-corrected chi connectivity index (χ3v) is 4.06. The van der Waals surface area contributed by atoms with Gasteiger partial charge in [-0.1, -0.05) is 42.6 Å². The van der Waals surface area contributed by atoms with Gasteiger partial charge in [-0.05, 0) is 24.2 Å². The molecule has 60 valence electrons. The standard InChI is InChI=1S/C9H17Br/c1-3-9(2)6-4-5-8(9)7-10/h8H,3-7H2,1-2H3. The molecule has 0 N–H and O–H groups in total. The normalized spacial score (nSPS) is 40.5. The first kappa shape index (κ1) is 8.58. The smallest absolute Gasteiger partial charge is 0.00648 e. The van der Waals surface area contributed by atoms with Gasteiger partial charge >= 0.3 is 0 Å². The molecular weight excluding hydrogens is 188 g/mol. The van der Waals surface area contributed by atoms with Gasteiger partial charge in [0.25, 0.3) is 0 Å². The summed E-state index contributed by atoms with van der Waals surface area (Å²) < 4.78 is 0. The zero-order chi connectivity index (χ0) is 7.61. The minimum Gasteiger partial charge on any atom is -0.0925 e. The van der Waals surface area contributed by atoms with Crippen molar-refractivity contribution in [3.63, 3.8) is 0 Å². The molecule has 0 aliphatic heterocycles. The Morgan fingerprint density at radius 2 is 2.30 bits per heavy atom. The molecule has 1 aliphatic rings. The predicted octanol–water partition coefficient (Wildman–Crippen LogP) is 3.60. The fourth-order valence-electron chi connectivity index (χ4n) is 2.03. The summed E-state index contributed by atoms with van der Waals surface area (Å²) in [6.07, 6.45) is 5.68. The van der Waals surface area contributed by atoms with Crippen LogP contribution < -0.4 is 0 Å². The zero-order valence-electron chi connectivity index (χ0n) is 6.99. The SMILES string of the molecule is CCC1(C)CCCC1CBr. The molecule has 0 aromatic rings. The molecule has 0 spiro atoms. The fourth-order valence-corrected chi connectivity index (χ4v) is 3.14. The maximum absolute atomic E-state index is 3.59. The van der Waals surface area contributed by atoms with Crippen LogP contribution in [0.1, 0.15) is 39.5 Å². The van der Waals surface area contributed by atoms with Crippen LogP contribution in [-0.4, -0.2) is 5.33 Å². The van der Waals surface area contributed by atoms with Crippen LogP contribution in [0.2, 0.25) is 0 Å². The summed E-state index contributed by atoms with van der Waals surface area (Å²) in [5.41, 5.74) is 0.656. The lowest BCUT2D eigenvalue weighted by Crippen LogP contribution is -2.21. The highest BCUT2D eigenvalue weighted by Crippen LogP contribution is 2.46. The van der Waals surface area contributed by atoms with Crippen molar-refractivity contribution >= 4 is 15.9 Å². The molecule has 10 heavy (non-hydrogen) atoms. The molecule has 0 amide bonds. The van der Waals surface area contributed by atoms with Gasteiger partial charge in [0.2, 0.25) is 0 Å². The molecule has 0 radical (unpaired) electrons. The summed E-state index contributed by atoms with van der Waals surface area (Å²) >= 11 is 3.59. The summed E-state index contributed by atoms with van der Waals surface area (Å²) in [4.78, 5) is 0. The van der Waals surface area contributed by atoms with Gasteiger partial charge in [-0.3, -0.25) is 0 Å². The van der Waals surface area contributed by atoms with Crippen LogP contribution in [0.25, 0.3) is 0 Å². The van der Waals surface area contributed by atoms with Crippen molar-refractivity contribution in [3.8, 4) is 0 Å². The average molecular weight is 205 g/mol. The van der Waals surface area contributed by atoms with Crippen LogP contribution in [-0.2, 0) is 0 Å². The van der Waals surface area contributed by atoms with Crippen molar-refractivity contribution in [2.45, 2.75) is 39.5 Å². The molecule has 0 bridgehead atoms. The van der Waals surface area contributed by atoms with Gasteiger partial charge in [0.1, 0.15) is 0 Å². The van der Waals surface area contributed by atoms with E-state index in [-0.39, 0.29) is 0 Å². The first-order chi connectivity index (χ1) is 4.73. The Hall–Kier alpha value is 0.480. The van der Waals surface area contributed by atoms with Crippen LogP contribution in [0.5, 0.6) is 0 Å². The maximum Gasteiger partial charge on any atom is 0.00648 e. The highest BCUT2D eigenvalue weighted by atomic mass is 79.9. The van der Waals surface area contributed by atoms with Crippen LogP contribution in [0, 0.1) is 11.3 Å². The molecule has 1 aliphatic carbocycles. The summed E-state index contributed by atoms with van der Waals surface area (Å²) in [6, 6.07) is 0. The maximum atomic E-state index is 3.59. The van der Waals surface area contributed by atoms with E-state index in [1.54, 1.807) is 0 Å². The van der Waals surface area contributed by atoms with E-state index >= 15 is 0 Å². The highest BCUT2D eigenvalue weighted by Gasteiger charge is 2.35.